The van der Waals surface area contributed by atoms with Gasteiger partial charge in [0.05, 0.1) is 0 Å². The van der Waals surface area contributed by atoms with Crippen LogP contribution in [0.25, 0.3) is 0 Å². The van der Waals surface area contributed by atoms with E-state index in [1.54, 1.807) is 0 Å². The molecule has 0 spiro atoms. The van der Waals surface area contributed by atoms with Crippen molar-refractivity contribution < 1.29 is 23.5 Å². The molecular weight excluding hydrogens is 232 g/mol. The summed E-state index contributed by atoms with van der Waals surface area (Å²) in [5.41, 5.74) is -0.430. The molecule has 0 bridgehead atoms. The Morgan fingerprint density at radius 3 is 2.00 bits per heavy atom. The molecule has 0 atom stereocenters. The average Bonchev–Trinajstić information content (AvgIpc) is 2.27. The van der Waals surface area contributed by atoms with E-state index in [9.17, 15) is 18.4 Å². The third kappa shape index (κ3) is 2.58. The molecule has 0 aliphatic heterocycles. The Morgan fingerprint density at radius 2 is 1.65 bits per heavy atom. The summed E-state index contributed by atoms with van der Waals surface area (Å²) in [6.45, 7) is 0. The van der Waals surface area contributed by atoms with E-state index in [1.165, 1.54) is 31.1 Å². The normalized spacial score (nSPS) is 11.1. The number of rotatable bonds is 3. The summed E-state index contributed by atoms with van der Waals surface area (Å²) in [5, 5.41) is 8.34. The SMILES string of the molecule is CN(C)C(=O)c1ccc(C(F)(F)C(=O)O)cc1. The first-order valence-electron chi connectivity index (χ1n) is 4.70. The Bertz CT molecular complexity index is 441. The fourth-order valence-corrected chi connectivity index (χ4v) is 1.20. The number of carboxylic acids is 1. The molecule has 0 aliphatic rings. The number of alkyl halides is 2. The fourth-order valence-electron chi connectivity index (χ4n) is 1.20. The Hall–Kier alpha value is -1.98. The summed E-state index contributed by atoms with van der Waals surface area (Å²) >= 11 is 0. The zero-order valence-electron chi connectivity index (χ0n) is 9.28. The van der Waals surface area contributed by atoms with Crippen LogP contribution < -0.4 is 0 Å². The van der Waals surface area contributed by atoms with Crippen molar-refractivity contribution >= 4 is 11.9 Å². The van der Waals surface area contributed by atoms with Gasteiger partial charge in [0.25, 0.3) is 5.91 Å². The molecule has 1 aromatic carbocycles. The van der Waals surface area contributed by atoms with Crippen molar-refractivity contribution in [2.45, 2.75) is 5.92 Å². The zero-order valence-corrected chi connectivity index (χ0v) is 9.28. The van der Waals surface area contributed by atoms with Gasteiger partial charge in [0.2, 0.25) is 0 Å². The third-order valence-corrected chi connectivity index (χ3v) is 2.17. The number of benzene rings is 1. The van der Waals surface area contributed by atoms with Gasteiger partial charge in [-0.05, 0) is 12.1 Å². The minimum atomic E-state index is -3.94. The number of halogens is 2. The minimum absolute atomic E-state index is 0.222. The summed E-state index contributed by atoms with van der Waals surface area (Å²) in [6.07, 6.45) is 0. The lowest BCUT2D eigenvalue weighted by Gasteiger charge is -2.13. The number of carboxylic acid groups (broad SMARTS) is 1. The molecule has 17 heavy (non-hydrogen) atoms. The number of hydrogen-bond acceptors (Lipinski definition) is 2. The maximum Gasteiger partial charge on any atom is 0.379 e. The molecule has 0 aromatic heterocycles. The first-order chi connectivity index (χ1) is 7.76. The van der Waals surface area contributed by atoms with Crippen molar-refractivity contribution in [2.24, 2.45) is 0 Å². The Balaban J connectivity index is 3.04. The monoisotopic (exact) mass is 243 g/mol. The Labute approximate surface area is 96.5 Å². The molecule has 0 aliphatic carbocycles. The minimum Gasteiger partial charge on any atom is -0.477 e. The molecule has 6 heteroatoms. The zero-order chi connectivity index (χ0) is 13.2. The van der Waals surface area contributed by atoms with Gasteiger partial charge in [0.15, 0.2) is 0 Å². The van der Waals surface area contributed by atoms with Crippen LogP contribution in [0, 0.1) is 0 Å². The molecule has 0 radical (unpaired) electrons. The quantitative estimate of drug-likeness (QED) is 0.876. The Kier molecular flexibility index (Phi) is 3.45. The van der Waals surface area contributed by atoms with Gasteiger partial charge in [-0.2, -0.15) is 8.78 Å². The lowest BCUT2D eigenvalue weighted by atomic mass is 10.1. The smallest absolute Gasteiger partial charge is 0.379 e. The number of carbonyl (C=O) groups excluding carboxylic acids is 1. The predicted octanol–water partition coefficient (Wildman–Crippen LogP) is 1.56. The van der Waals surface area contributed by atoms with Gasteiger partial charge in [-0.1, -0.05) is 12.1 Å². The Morgan fingerprint density at radius 1 is 1.18 bits per heavy atom. The summed E-state index contributed by atoms with van der Waals surface area (Å²) in [7, 11) is 3.06. The predicted molar refractivity (Wildman–Crippen MR) is 56.0 cm³/mol. The van der Waals surface area contributed by atoms with Gasteiger partial charge in [-0.3, -0.25) is 4.79 Å². The molecule has 0 saturated carbocycles. The van der Waals surface area contributed by atoms with Gasteiger partial charge in [0.1, 0.15) is 0 Å². The number of carbonyl (C=O) groups is 2. The van der Waals surface area contributed by atoms with Crippen LogP contribution >= 0.6 is 0 Å². The van der Waals surface area contributed by atoms with Crippen molar-refractivity contribution in [2.75, 3.05) is 14.1 Å². The summed E-state index contributed by atoms with van der Waals surface area (Å²) in [4.78, 5) is 23.1. The van der Waals surface area contributed by atoms with Crippen LogP contribution in [0.3, 0.4) is 0 Å². The van der Waals surface area contributed by atoms with Crippen molar-refractivity contribution in [3.63, 3.8) is 0 Å². The van der Waals surface area contributed by atoms with E-state index in [2.05, 4.69) is 0 Å². The van der Waals surface area contributed by atoms with Crippen LogP contribution in [-0.4, -0.2) is 36.0 Å². The first kappa shape index (κ1) is 13.1. The lowest BCUT2D eigenvalue weighted by molar-refractivity contribution is -0.166. The van der Waals surface area contributed by atoms with E-state index in [0.717, 1.165) is 12.1 Å². The van der Waals surface area contributed by atoms with Gasteiger partial charge >= 0.3 is 11.9 Å². The second-order valence-corrected chi connectivity index (χ2v) is 3.66. The van der Waals surface area contributed by atoms with Crippen LogP contribution in [0.2, 0.25) is 0 Å². The highest BCUT2D eigenvalue weighted by Gasteiger charge is 2.40. The number of nitrogens with zero attached hydrogens (tertiary/aromatic N) is 1. The van der Waals surface area contributed by atoms with Crippen molar-refractivity contribution in [1.29, 1.82) is 0 Å². The van der Waals surface area contributed by atoms with E-state index in [0.29, 0.717) is 0 Å². The maximum absolute atomic E-state index is 13.1. The molecule has 1 aromatic rings. The van der Waals surface area contributed by atoms with E-state index < -0.39 is 17.5 Å². The topological polar surface area (TPSA) is 57.6 Å². The van der Waals surface area contributed by atoms with Gasteiger partial charge < -0.3 is 10.0 Å². The van der Waals surface area contributed by atoms with Crippen molar-refractivity contribution in [3.8, 4) is 0 Å². The molecule has 92 valence electrons. The maximum atomic E-state index is 13.1. The van der Waals surface area contributed by atoms with E-state index >= 15 is 0 Å². The van der Waals surface area contributed by atoms with Gasteiger partial charge in [0, 0.05) is 25.2 Å². The largest absolute Gasteiger partial charge is 0.477 e. The third-order valence-electron chi connectivity index (χ3n) is 2.17. The lowest BCUT2D eigenvalue weighted by Crippen LogP contribution is -2.26. The van der Waals surface area contributed by atoms with Crippen LogP contribution in [0.5, 0.6) is 0 Å². The van der Waals surface area contributed by atoms with Crippen LogP contribution in [0.1, 0.15) is 15.9 Å². The molecule has 1 N–H and O–H groups in total. The molecule has 4 nitrogen and oxygen atoms in total. The highest BCUT2D eigenvalue weighted by molar-refractivity contribution is 5.94. The number of hydrogen-bond donors (Lipinski definition) is 1. The molecule has 1 amide bonds. The summed E-state index contributed by atoms with van der Waals surface area (Å²) in [5.74, 6) is -6.50. The first-order valence-corrected chi connectivity index (χ1v) is 4.70. The second-order valence-electron chi connectivity index (χ2n) is 3.66. The standard InChI is InChI=1S/C11H11F2NO3/c1-14(2)9(15)7-3-5-8(6-4-7)11(12,13)10(16)17/h3-6H,1-2H3,(H,16,17). The fraction of sp³-hybridized carbons (Fsp3) is 0.273. The molecular formula is C11H11F2NO3. The van der Waals surface area contributed by atoms with Crippen molar-refractivity contribution in [3.05, 3.63) is 35.4 Å². The van der Waals surface area contributed by atoms with Gasteiger partial charge in [-0.25, -0.2) is 4.79 Å². The highest BCUT2D eigenvalue weighted by atomic mass is 19.3. The average molecular weight is 243 g/mol. The van der Waals surface area contributed by atoms with E-state index in [4.69, 9.17) is 5.11 Å². The summed E-state index contributed by atoms with van der Waals surface area (Å²) < 4.78 is 26.2. The van der Waals surface area contributed by atoms with Crippen LogP contribution in [0.15, 0.2) is 24.3 Å². The molecule has 0 fully saturated rings. The van der Waals surface area contributed by atoms with E-state index in [1.807, 2.05) is 0 Å². The molecule has 0 heterocycles. The van der Waals surface area contributed by atoms with E-state index in [-0.39, 0.29) is 11.5 Å². The summed E-state index contributed by atoms with van der Waals surface area (Å²) in [6, 6.07) is 4.22. The van der Waals surface area contributed by atoms with Crippen molar-refractivity contribution in [1.82, 2.24) is 4.90 Å². The molecule has 0 saturated heterocycles. The van der Waals surface area contributed by atoms with Crippen LogP contribution in [-0.2, 0) is 10.7 Å². The number of aliphatic carboxylic acids is 1. The number of amides is 1. The highest BCUT2D eigenvalue weighted by Crippen LogP contribution is 2.28. The van der Waals surface area contributed by atoms with Gasteiger partial charge in [-0.15, -0.1) is 0 Å². The molecule has 0 unspecified atom stereocenters. The van der Waals surface area contributed by atoms with Crippen LogP contribution in [0.4, 0.5) is 8.78 Å². The second kappa shape index (κ2) is 4.48. The molecule has 1 rings (SSSR count).